The largest absolute Gasteiger partial charge is 0.314 e. The molecule has 0 aliphatic heterocycles. The molecule has 0 heterocycles. The average molecular weight is 239 g/mol. The molecular weight excluding hydrogens is 206 g/mol. The monoisotopic (exact) mass is 239 g/mol. The zero-order valence-electron chi connectivity index (χ0n) is 12.1. The Morgan fingerprint density at radius 3 is 2.53 bits per heavy atom. The van der Waals surface area contributed by atoms with E-state index in [0.717, 1.165) is 12.0 Å². The van der Waals surface area contributed by atoms with Gasteiger partial charge in [-0.15, -0.1) is 0 Å². The molecule has 2 atom stereocenters. The summed E-state index contributed by atoms with van der Waals surface area (Å²) in [4.78, 5) is 0. The molecule has 0 amide bonds. The summed E-state index contributed by atoms with van der Waals surface area (Å²) in [6.07, 6.45) is 15.7. The van der Waals surface area contributed by atoms with E-state index in [1.54, 1.807) is 0 Å². The minimum absolute atomic E-state index is 0.832. The van der Waals surface area contributed by atoms with Crippen LogP contribution in [0.5, 0.6) is 0 Å². The lowest BCUT2D eigenvalue weighted by molar-refractivity contribution is 0.408. The van der Waals surface area contributed by atoms with Gasteiger partial charge in [0.15, 0.2) is 0 Å². The Bertz CT molecular complexity index is 167. The van der Waals surface area contributed by atoms with Crippen LogP contribution < -0.4 is 5.32 Å². The third kappa shape index (κ3) is 7.08. The molecule has 1 saturated carbocycles. The fourth-order valence-electron chi connectivity index (χ4n) is 3.14. The van der Waals surface area contributed by atoms with Crippen molar-refractivity contribution in [1.82, 2.24) is 5.32 Å². The zero-order chi connectivity index (χ0) is 12.3. The van der Waals surface area contributed by atoms with Crippen LogP contribution in [0.3, 0.4) is 0 Å². The molecule has 1 N–H and O–H groups in total. The summed E-state index contributed by atoms with van der Waals surface area (Å²) in [5.74, 6) is 1.03. The van der Waals surface area contributed by atoms with Crippen molar-refractivity contribution in [3.05, 3.63) is 0 Å². The van der Waals surface area contributed by atoms with E-state index in [-0.39, 0.29) is 0 Å². The first-order valence-electron chi connectivity index (χ1n) is 8.10. The van der Waals surface area contributed by atoms with Crippen molar-refractivity contribution in [2.75, 3.05) is 6.54 Å². The quantitative estimate of drug-likeness (QED) is 0.469. The highest BCUT2D eigenvalue weighted by atomic mass is 14.9. The van der Waals surface area contributed by atoms with E-state index in [1.165, 1.54) is 77.2 Å². The van der Waals surface area contributed by atoms with E-state index >= 15 is 0 Å². The van der Waals surface area contributed by atoms with Gasteiger partial charge in [0.25, 0.3) is 0 Å². The normalized spacial score (nSPS) is 25.8. The van der Waals surface area contributed by atoms with E-state index < -0.39 is 0 Å². The number of nitrogens with one attached hydrogen (secondary N) is 1. The van der Waals surface area contributed by atoms with E-state index in [1.807, 2.05) is 0 Å². The first-order valence-corrected chi connectivity index (χ1v) is 8.10. The standard InChI is InChI=1S/C16H33N/c1-3-5-6-7-14-17-16-11-8-10-15(9-4-2)12-13-16/h15-17H,3-14H2,1-2H3. The summed E-state index contributed by atoms with van der Waals surface area (Å²) >= 11 is 0. The van der Waals surface area contributed by atoms with Crippen LogP contribution in [0.1, 0.15) is 84.5 Å². The van der Waals surface area contributed by atoms with Crippen molar-refractivity contribution in [3.63, 3.8) is 0 Å². The smallest absolute Gasteiger partial charge is 0.00671 e. The number of hydrogen-bond acceptors (Lipinski definition) is 1. The van der Waals surface area contributed by atoms with Crippen molar-refractivity contribution in [3.8, 4) is 0 Å². The van der Waals surface area contributed by atoms with Crippen LogP contribution in [-0.2, 0) is 0 Å². The highest BCUT2D eigenvalue weighted by Gasteiger charge is 2.17. The van der Waals surface area contributed by atoms with E-state index in [2.05, 4.69) is 19.2 Å². The Hall–Kier alpha value is -0.0400. The number of rotatable bonds is 8. The maximum absolute atomic E-state index is 3.78. The first kappa shape index (κ1) is 15.0. The SMILES string of the molecule is CCCCCCNC1CCCC(CCC)CC1. The zero-order valence-corrected chi connectivity index (χ0v) is 12.1. The second-order valence-corrected chi connectivity index (χ2v) is 5.87. The maximum Gasteiger partial charge on any atom is 0.00671 e. The molecule has 0 radical (unpaired) electrons. The van der Waals surface area contributed by atoms with Crippen molar-refractivity contribution in [2.24, 2.45) is 5.92 Å². The molecular formula is C16H33N. The molecule has 0 aromatic heterocycles. The van der Waals surface area contributed by atoms with Crippen LogP contribution in [0, 0.1) is 5.92 Å². The van der Waals surface area contributed by atoms with Gasteiger partial charge in [0.1, 0.15) is 0 Å². The first-order chi connectivity index (χ1) is 8.36. The van der Waals surface area contributed by atoms with Gasteiger partial charge in [0, 0.05) is 6.04 Å². The average Bonchev–Trinajstić information content (AvgIpc) is 2.55. The maximum atomic E-state index is 3.78. The van der Waals surface area contributed by atoms with Crippen molar-refractivity contribution in [1.29, 1.82) is 0 Å². The highest BCUT2D eigenvalue weighted by Crippen LogP contribution is 2.26. The lowest BCUT2D eigenvalue weighted by Gasteiger charge is -2.16. The highest BCUT2D eigenvalue weighted by molar-refractivity contribution is 4.74. The molecule has 1 fully saturated rings. The van der Waals surface area contributed by atoms with Crippen molar-refractivity contribution in [2.45, 2.75) is 90.5 Å². The van der Waals surface area contributed by atoms with Gasteiger partial charge in [0.2, 0.25) is 0 Å². The van der Waals surface area contributed by atoms with Crippen LogP contribution >= 0.6 is 0 Å². The molecule has 102 valence electrons. The van der Waals surface area contributed by atoms with E-state index in [9.17, 15) is 0 Å². The Morgan fingerprint density at radius 2 is 1.76 bits per heavy atom. The predicted octanol–water partition coefficient (Wildman–Crippen LogP) is 4.91. The second kappa shape index (κ2) is 9.94. The Kier molecular flexibility index (Phi) is 8.78. The van der Waals surface area contributed by atoms with Gasteiger partial charge in [-0.2, -0.15) is 0 Å². The van der Waals surface area contributed by atoms with Crippen LogP contribution in [0.15, 0.2) is 0 Å². The fraction of sp³-hybridized carbons (Fsp3) is 1.00. The Balaban J connectivity index is 2.05. The van der Waals surface area contributed by atoms with Crippen LogP contribution in [0.4, 0.5) is 0 Å². The number of hydrogen-bond donors (Lipinski definition) is 1. The third-order valence-corrected chi connectivity index (χ3v) is 4.25. The van der Waals surface area contributed by atoms with Gasteiger partial charge in [-0.05, 0) is 38.1 Å². The van der Waals surface area contributed by atoms with Gasteiger partial charge >= 0.3 is 0 Å². The Labute approximate surface area is 109 Å². The minimum atomic E-state index is 0.832. The molecule has 1 aliphatic rings. The van der Waals surface area contributed by atoms with Crippen LogP contribution in [0.2, 0.25) is 0 Å². The van der Waals surface area contributed by atoms with Crippen LogP contribution in [-0.4, -0.2) is 12.6 Å². The molecule has 0 aromatic carbocycles. The molecule has 1 heteroatoms. The molecule has 0 spiro atoms. The second-order valence-electron chi connectivity index (χ2n) is 5.87. The van der Waals surface area contributed by atoms with Gasteiger partial charge in [0.05, 0.1) is 0 Å². The summed E-state index contributed by atoms with van der Waals surface area (Å²) in [5, 5.41) is 3.78. The topological polar surface area (TPSA) is 12.0 Å². The lowest BCUT2D eigenvalue weighted by atomic mass is 9.95. The van der Waals surface area contributed by atoms with Gasteiger partial charge in [-0.1, -0.05) is 58.8 Å². The summed E-state index contributed by atoms with van der Waals surface area (Å²) in [6, 6.07) is 0.832. The summed E-state index contributed by atoms with van der Waals surface area (Å²) in [7, 11) is 0. The third-order valence-electron chi connectivity index (χ3n) is 4.25. The molecule has 0 saturated heterocycles. The van der Waals surface area contributed by atoms with Crippen LogP contribution in [0.25, 0.3) is 0 Å². The van der Waals surface area contributed by atoms with Gasteiger partial charge in [-0.3, -0.25) is 0 Å². The van der Waals surface area contributed by atoms with E-state index in [4.69, 9.17) is 0 Å². The van der Waals surface area contributed by atoms with Crippen molar-refractivity contribution < 1.29 is 0 Å². The molecule has 0 aromatic rings. The predicted molar refractivity (Wildman–Crippen MR) is 77.4 cm³/mol. The molecule has 2 unspecified atom stereocenters. The minimum Gasteiger partial charge on any atom is -0.314 e. The van der Waals surface area contributed by atoms with E-state index in [0.29, 0.717) is 0 Å². The van der Waals surface area contributed by atoms with Gasteiger partial charge in [-0.25, -0.2) is 0 Å². The molecule has 0 bridgehead atoms. The number of unbranched alkanes of at least 4 members (excludes halogenated alkanes) is 3. The molecule has 1 nitrogen and oxygen atoms in total. The molecule has 17 heavy (non-hydrogen) atoms. The lowest BCUT2D eigenvalue weighted by Crippen LogP contribution is -2.29. The summed E-state index contributed by atoms with van der Waals surface area (Å²) < 4.78 is 0. The summed E-state index contributed by atoms with van der Waals surface area (Å²) in [5.41, 5.74) is 0. The van der Waals surface area contributed by atoms with Gasteiger partial charge < -0.3 is 5.32 Å². The molecule has 1 rings (SSSR count). The summed E-state index contributed by atoms with van der Waals surface area (Å²) in [6.45, 7) is 5.87. The molecule has 1 aliphatic carbocycles. The van der Waals surface area contributed by atoms with Crippen molar-refractivity contribution >= 4 is 0 Å². The fourth-order valence-corrected chi connectivity index (χ4v) is 3.14. The Morgan fingerprint density at radius 1 is 0.882 bits per heavy atom.